The molecule has 2 bridgehead atoms. The first-order chi connectivity index (χ1) is 9.46. The lowest BCUT2D eigenvalue weighted by atomic mass is 9.58. The van der Waals surface area contributed by atoms with Crippen LogP contribution >= 0.6 is 0 Å². The summed E-state index contributed by atoms with van der Waals surface area (Å²) in [6.07, 6.45) is 2.72. The summed E-state index contributed by atoms with van der Waals surface area (Å²) in [6, 6.07) is 0. The standard InChI is InChI=1S/C15H24O5/c1-8-4-5-11-9(2)12(16)17-13-15(11)10(8)6-7-14(3,18-13)19-20-15/h8-13,16H,4-7H2,1-3H3/t8-,9?,10+,11+,12?,13-,14-,15-/m1/s1. The van der Waals surface area contributed by atoms with E-state index in [-0.39, 0.29) is 11.8 Å². The molecule has 5 heteroatoms. The highest BCUT2D eigenvalue weighted by atomic mass is 17.3. The fourth-order valence-electron chi connectivity index (χ4n) is 4.89. The molecule has 4 aliphatic heterocycles. The van der Waals surface area contributed by atoms with Crippen molar-refractivity contribution < 1.29 is 24.4 Å². The molecular weight excluding hydrogens is 260 g/mol. The maximum Gasteiger partial charge on any atom is 0.201 e. The quantitative estimate of drug-likeness (QED) is 0.691. The Hall–Kier alpha value is -0.200. The van der Waals surface area contributed by atoms with Gasteiger partial charge in [-0.3, -0.25) is 0 Å². The topological polar surface area (TPSA) is 57.2 Å². The van der Waals surface area contributed by atoms with Crippen molar-refractivity contribution in [3.63, 3.8) is 0 Å². The molecule has 1 N–H and O–H groups in total. The van der Waals surface area contributed by atoms with Gasteiger partial charge < -0.3 is 14.6 Å². The second-order valence-corrected chi connectivity index (χ2v) is 7.30. The zero-order valence-electron chi connectivity index (χ0n) is 12.4. The fraction of sp³-hybridized carbons (Fsp3) is 1.00. The Bertz CT molecular complexity index is 411. The number of ether oxygens (including phenoxy) is 2. The van der Waals surface area contributed by atoms with E-state index in [1.54, 1.807) is 0 Å². The van der Waals surface area contributed by atoms with Crippen molar-refractivity contribution >= 4 is 0 Å². The van der Waals surface area contributed by atoms with Crippen LogP contribution in [0.4, 0.5) is 0 Å². The van der Waals surface area contributed by atoms with E-state index in [0.29, 0.717) is 11.8 Å². The predicted molar refractivity (Wildman–Crippen MR) is 69.0 cm³/mol. The van der Waals surface area contributed by atoms with Gasteiger partial charge in [-0.25, -0.2) is 9.78 Å². The minimum Gasteiger partial charge on any atom is -0.368 e. The van der Waals surface area contributed by atoms with Crippen molar-refractivity contribution in [1.82, 2.24) is 0 Å². The maximum absolute atomic E-state index is 10.2. The van der Waals surface area contributed by atoms with E-state index in [9.17, 15) is 5.11 Å². The van der Waals surface area contributed by atoms with Crippen molar-refractivity contribution in [3.8, 4) is 0 Å². The fourth-order valence-corrected chi connectivity index (χ4v) is 4.89. The Balaban J connectivity index is 1.82. The summed E-state index contributed by atoms with van der Waals surface area (Å²) in [4.78, 5) is 11.6. The molecule has 5 aliphatic rings. The minimum absolute atomic E-state index is 0.0379. The smallest absolute Gasteiger partial charge is 0.201 e. The van der Waals surface area contributed by atoms with Crippen LogP contribution in [0, 0.1) is 23.7 Å². The average molecular weight is 284 g/mol. The lowest BCUT2D eigenvalue weighted by Crippen LogP contribution is -2.70. The van der Waals surface area contributed by atoms with E-state index < -0.39 is 24.0 Å². The van der Waals surface area contributed by atoms with E-state index in [4.69, 9.17) is 19.2 Å². The van der Waals surface area contributed by atoms with Crippen LogP contribution in [0.2, 0.25) is 0 Å². The minimum atomic E-state index is -0.781. The van der Waals surface area contributed by atoms with Crippen LogP contribution in [0.15, 0.2) is 0 Å². The first-order valence-electron chi connectivity index (χ1n) is 7.84. The average Bonchev–Trinajstić information content (AvgIpc) is 2.63. The summed E-state index contributed by atoms with van der Waals surface area (Å²) in [7, 11) is 0. The van der Waals surface area contributed by atoms with E-state index in [0.717, 1.165) is 19.3 Å². The second kappa shape index (κ2) is 4.17. The molecule has 0 amide bonds. The zero-order chi connectivity index (χ0) is 14.1. The van der Waals surface area contributed by atoms with Gasteiger partial charge in [0.1, 0.15) is 0 Å². The summed E-state index contributed by atoms with van der Waals surface area (Å²) < 4.78 is 11.9. The first kappa shape index (κ1) is 13.5. The number of fused-ring (bicyclic) bond motifs is 2. The summed E-state index contributed by atoms with van der Waals surface area (Å²) in [6.45, 7) is 6.22. The Morgan fingerprint density at radius 3 is 2.65 bits per heavy atom. The third-order valence-electron chi connectivity index (χ3n) is 6.12. The molecule has 5 fully saturated rings. The molecule has 5 nitrogen and oxygen atoms in total. The van der Waals surface area contributed by atoms with E-state index >= 15 is 0 Å². The monoisotopic (exact) mass is 284 g/mol. The van der Waals surface area contributed by atoms with E-state index in [2.05, 4.69) is 6.92 Å². The molecule has 4 saturated heterocycles. The van der Waals surface area contributed by atoms with Gasteiger partial charge in [0.05, 0.1) is 0 Å². The molecule has 1 aliphatic carbocycles. The lowest BCUT2D eigenvalue weighted by Gasteiger charge is -2.59. The molecule has 2 unspecified atom stereocenters. The van der Waals surface area contributed by atoms with Gasteiger partial charge in [-0.1, -0.05) is 13.8 Å². The third kappa shape index (κ3) is 1.56. The molecule has 114 valence electrons. The van der Waals surface area contributed by atoms with Gasteiger partial charge in [0.15, 0.2) is 18.2 Å². The van der Waals surface area contributed by atoms with Gasteiger partial charge in [0, 0.05) is 18.3 Å². The van der Waals surface area contributed by atoms with Gasteiger partial charge in [0.25, 0.3) is 0 Å². The Kier molecular flexibility index (Phi) is 2.81. The van der Waals surface area contributed by atoms with E-state index in [1.165, 1.54) is 6.42 Å². The second-order valence-electron chi connectivity index (χ2n) is 7.30. The molecule has 0 aromatic heterocycles. The van der Waals surface area contributed by atoms with Crippen molar-refractivity contribution in [2.24, 2.45) is 23.7 Å². The van der Waals surface area contributed by atoms with E-state index in [1.807, 2.05) is 13.8 Å². The van der Waals surface area contributed by atoms with Crippen LogP contribution in [0.1, 0.15) is 46.5 Å². The molecular formula is C15H24O5. The van der Waals surface area contributed by atoms with Crippen LogP contribution in [0.3, 0.4) is 0 Å². The van der Waals surface area contributed by atoms with Crippen LogP contribution in [0.5, 0.6) is 0 Å². The molecule has 1 spiro atoms. The predicted octanol–water partition coefficient (Wildman–Crippen LogP) is 2.19. The zero-order valence-corrected chi connectivity index (χ0v) is 12.4. The maximum atomic E-state index is 10.2. The normalized spacial score (nSPS) is 61.8. The van der Waals surface area contributed by atoms with Crippen LogP contribution in [-0.4, -0.2) is 29.1 Å². The molecule has 8 atom stereocenters. The van der Waals surface area contributed by atoms with Crippen LogP contribution in [0.25, 0.3) is 0 Å². The van der Waals surface area contributed by atoms with Crippen molar-refractivity contribution in [2.45, 2.75) is 70.4 Å². The van der Waals surface area contributed by atoms with Gasteiger partial charge in [-0.2, -0.15) is 0 Å². The summed E-state index contributed by atoms with van der Waals surface area (Å²) in [5, 5.41) is 10.2. The molecule has 5 rings (SSSR count). The molecule has 20 heavy (non-hydrogen) atoms. The molecule has 1 saturated carbocycles. The number of hydrogen-bond acceptors (Lipinski definition) is 5. The van der Waals surface area contributed by atoms with Crippen molar-refractivity contribution in [2.75, 3.05) is 0 Å². The molecule has 0 radical (unpaired) electrons. The van der Waals surface area contributed by atoms with Gasteiger partial charge in [-0.15, -0.1) is 0 Å². The first-order valence-corrected chi connectivity index (χ1v) is 7.84. The number of rotatable bonds is 0. The summed E-state index contributed by atoms with van der Waals surface area (Å²) >= 11 is 0. The van der Waals surface area contributed by atoms with Crippen molar-refractivity contribution in [3.05, 3.63) is 0 Å². The van der Waals surface area contributed by atoms with Crippen LogP contribution < -0.4 is 0 Å². The van der Waals surface area contributed by atoms with Crippen molar-refractivity contribution in [1.29, 1.82) is 0 Å². The number of aliphatic hydroxyl groups is 1. The largest absolute Gasteiger partial charge is 0.368 e. The highest BCUT2D eigenvalue weighted by molar-refractivity contribution is 5.08. The van der Waals surface area contributed by atoms with Gasteiger partial charge in [-0.05, 0) is 38.0 Å². The third-order valence-corrected chi connectivity index (χ3v) is 6.12. The Labute approximate surface area is 119 Å². The molecule has 4 heterocycles. The highest BCUT2D eigenvalue weighted by Gasteiger charge is 2.69. The summed E-state index contributed by atoms with van der Waals surface area (Å²) in [5.41, 5.74) is -0.549. The summed E-state index contributed by atoms with van der Waals surface area (Å²) in [5.74, 6) is 0.437. The molecule has 0 aromatic carbocycles. The molecule has 0 aromatic rings. The van der Waals surface area contributed by atoms with Gasteiger partial charge >= 0.3 is 0 Å². The SMILES string of the molecule is CC1C(O)O[C@@H]2O[C@@]3(C)CC[C@H]4[C@H](C)CC[C@@H]1[C@@]24OO3. The number of aliphatic hydroxyl groups excluding tert-OH is 1. The number of hydrogen-bond donors (Lipinski definition) is 1. The van der Waals surface area contributed by atoms with Gasteiger partial charge in [0.2, 0.25) is 5.79 Å². The Morgan fingerprint density at radius 1 is 1.05 bits per heavy atom. The van der Waals surface area contributed by atoms with Crippen LogP contribution in [-0.2, 0) is 19.2 Å². The highest BCUT2D eigenvalue weighted by Crippen LogP contribution is 2.60. The lowest BCUT2D eigenvalue weighted by molar-refractivity contribution is -0.576. The Morgan fingerprint density at radius 2 is 1.85 bits per heavy atom.